The molecule has 0 aliphatic carbocycles. The molecule has 2 aromatic carbocycles. The summed E-state index contributed by atoms with van der Waals surface area (Å²) in [5, 5.41) is 4.16. The summed E-state index contributed by atoms with van der Waals surface area (Å²) in [6, 6.07) is 14.0. The van der Waals surface area contributed by atoms with E-state index in [1.807, 2.05) is 51.1 Å². The van der Waals surface area contributed by atoms with Crippen LogP contribution in [0.4, 0.5) is 0 Å². The van der Waals surface area contributed by atoms with Crippen LogP contribution in [0.5, 0.6) is 0 Å². The number of halogens is 2. The van der Waals surface area contributed by atoms with Crippen LogP contribution < -0.4 is 5.32 Å². The third kappa shape index (κ3) is 7.57. The van der Waals surface area contributed by atoms with E-state index in [1.165, 1.54) is 11.8 Å². The predicted octanol–water partition coefficient (Wildman–Crippen LogP) is 5.42. The number of carbonyl (C=O) groups is 2. The van der Waals surface area contributed by atoms with Gasteiger partial charge < -0.3 is 10.2 Å². The van der Waals surface area contributed by atoms with Crippen LogP contribution in [0, 0.1) is 0 Å². The fourth-order valence-electron chi connectivity index (χ4n) is 2.63. The summed E-state index contributed by atoms with van der Waals surface area (Å²) in [4.78, 5) is 28.3. The molecule has 0 spiro atoms. The number of hydrogen-bond donors (Lipinski definition) is 1. The topological polar surface area (TPSA) is 49.4 Å². The second kappa shape index (κ2) is 10.4. The van der Waals surface area contributed by atoms with Crippen LogP contribution in [0.3, 0.4) is 0 Å². The third-order valence-corrected chi connectivity index (χ3v) is 5.76. The van der Waals surface area contributed by atoms with E-state index in [-0.39, 0.29) is 29.7 Å². The van der Waals surface area contributed by atoms with Crippen LogP contribution in [0.25, 0.3) is 0 Å². The molecule has 0 fully saturated rings. The minimum atomic E-state index is -0.635. The summed E-state index contributed by atoms with van der Waals surface area (Å²) in [6.07, 6.45) is 0. The Morgan fingerprint density at radius 3 is 2.28 bits per heavy atom. The highest BCUT2D eigenvalue weighted by Gasteiger charge is 2.28. The van der Waals surface area contributed by atoms with Crippen LogP contribution >= 0.6 is 35.0 Å². The molecule has 0 saturated carbocycles. The van der Waals surface area contributed by atoms with E-state index >= 15 is 0 Å². The number of amides is 2. The van der Waals surface area contributed by atoms with Gasteiger partial charge in [0.15, 0.2) is 0 Å². The van der Waals surface area contributed by atoms with Gasteiger partial charge in [0.1, 0.15) is 6.04 Å². The Bertz CT molecular complexity index is 851. The van der Waals surface area contributed by atoms with Crippen molar-refractivity contribution in [2.24, 2.45) is 0 Å². The molecule has 2 rings (SSSR count). The molecule has 0 aromatic heterocycles. The van der Waals surface area contributed by atoms with E-state index < -0.39 is 6.04 Å². The van der Waals surface area contributed by atoms with Gasteiger partial charge in [-0.1, -0.05) is 41.4 Å². The molecule has 1 N–H and O–H groups in total. The molecular weight excluding hydrogens is 427 g/mol. The minimum Gasteiger partial charge on any atom is -0.350 e. The average Bonchev–Trinajstić information content (AvgIpc) is 2.65. The molecule has 0 heterocycles. The Morgan fingerprint density at radius 1 is 1.07 bits per heavy atom. The molecule has 1 atom stereocenters. The van der Waals surface area contributed by atoms with Gasteiger partial charge in [0.25, 0.3) is 0 Å². The number of hydrogen-bond acceptors (Lipinski definition) is 3. The fourth-order valence-corrected chi connectivity index (χ4v) is 3.73. The van der Waals surface area contributed by atoms with Crippen molar-refractivity contribution in [2.45, 2.75) is 50.7 Å². The number of benzene rings is 2. The van der Waals surface area contributed by atoms with Gasteiger partial charge in [-0.15, -0.1) is 11.8 Å². The van der Waals surface area contributed by atoms with Gasteiger partial charge in [-0.2, -0.15) is 0 Å². The van der Waals surface area contributed by atoms with E-state index in [2.05, 4.69) is 5.32 Å². The maximum atomic E-state index is 13.1. The highest BCUT2D eigenvalue weighted by Crippen LogP contribution is 2.23. The fraction of sp³-hybridized carbons (Fsp3) is 0.364. The Kier molecular flexibility index (Phi) is 8.44. The molecule has 7 heteroatoms. The van der Waals surface area contributed by atoms with Gasteiger partial charge in [0.2, 0.25) is 11.8 Å². The summed E-state index contributed by atoms with van der Waals surface area (Å²) >= 11 is 13.6. The summed E-state index contributed by atoms with van der Waals surface area (Å²) in [6.45, 7) is 7.73. The SMILES string of the molecule is CC(C(=O)NC(C)(C)C)N(Cc1ccccc1Cl)C(=O)CSc1ccc(Cl)cc1. The van der Waals surface area contributed by atoms with Gasteiger partial charge in [0, 0.05) is 27.0 Å². The second-order valence-electron chi connectivity index (χ2n) is 7.77. The van der Waals surface area contributed by atoms with Crippen molar-refractivity contribution < 1.29 is 9.59 Å². The van der Waals surface area contributed by atoms with Crippen LogP contribution in [0.1, 0.15) is 33.3 Å². The van der Waals surface area contributed by atoms with Crippen molar-refractivity contribution in [1.82, 2.24) is 10.2 Å². The van der Waals surface area contributed by atoms with E-state index in [9.17, 15) is 9.59 Å². The number of rotatable bonds is 7. The first kappa shape index (κ1) is 23.6. The Balaban J connectivity index is 2.18. The van der Waals surface area contributed by atoms with Gasteiger partial charge in [-0.25, -0.2) is 0 Å². The Morgan fingerprint density at radius 2 is 1.69 bits per heavy atom. The van der Waals surface area contributed by atoms with Crippen molar-refractivity contribution in [3.05, 3.63) is 64.1 Å². The highest BCUT2D eigenvalue weighted by molar-refractivity contribution is 8.00. The van der Waals surface area contributed by atoms with Gasteiger partial charge >= 0.3 is 0 Å². The molecular formula is C22H26Cl2N2O2S. The standard InChI is InChI=1S/C22H26Cl2N2O2S/c1-15(21(28)25-22(2,3)4)26(13-16-7-5-6-8-19(16)24)20(27)14-29-18-11-9-17(23)10-12-18/h5-12,15H,13-14H2,1-4H3,(H,25,28). The lowest BCUT2D eigenvalue weighted by atomic mass is 10.1. The first-order chi connectivity index (χ1) is 13.6. The van der Waals surface area contributed by atoms with Crippen LogP contribution in [0.15, 0.2) is 53.4 Å². The van der Waals surface area contributed by atoms with Crippen molar-refractivity contribution in [1.29, 1.82) is 0 Å². The van der Waals surface area contributed by atoms with E-state index in [0.717, 1.165) is 10.5 Å². The quantitative estimate of drug-likeness (QED) is 0.570. The van der Waals surface area contributed by atoms with Gasteiger partial charge in [0.05, 0.1) is 5.75 Å². The summed E-state index contributed by atoms with van der Waals surface area (Å²) in [5.74, 6) is -0.130. The summed E-state index contributed by atoms with van der Waals surface area (Å²) < 4.78 is 0. The first-order valence-corrected chi connectivity index (χ1v) is 11.0. The van der Waals surface area contributed by atoms with Crippen LogP contribution in [-0.2, 0) is 16.1 Å². The minimum absolute atomic E-state index is 0.138. The zero-order chi connectivity index (χ0) is 21.6. The lowest BCUT2D eigenvalue weighted by Gasteiger charge is -2.31. The number of carbonyl (C=O) groups excluding carboxylic acids is 2. The highest BCUT2D eigenvalue weighted by atomic mass is 35.5. The molecule has 0 radical (unpaired) electrons. The van der Waals surface area contributed by atoms with Crippen molar-refractivity contribution in [3.63, 3.8) is 0 Å². The van der Waals surface area contributed by atoms with E-state index in [4.69, 9.17) is 23.2 Å². The van der Waals surface area contributed by atoms with Crippen LogP contribution in [-0.4, -0.2) is 34.0 Å². The lowest BCUT2D eigenvalue weighted by molar-refractivity contribution is -0.139. The molecule has 0 aliphatic rings. The molecule has 0 bridgehead atoms. The predicted molar refractivity (Wildman–Crippen MR) is 122 cm³/mol. The molecule has 29 heavy (non-hydrogen) atoms. The maximum absolute atomic E-state index is 13.1. The number of nitrogens with one attached hydrogen (secondary N) is 1. The molecule has 2 aromatic rings. The third-order valence-electron chi connectivity index (χ3n) is 4.14. The molecule has 1 unspecified atom stereocenters. The van der Waals surface area contributed by atoms with Crippen LogP contribution in [0.2, 0.25) is 10.0 Å². The zero-order valence-corrected chi connectivity index (χ0v) is 19.4. The smallest absolute Gasteiger partial charge is 0.242 e. The van der Waals surface area contributed by atoms with E-state index in [1.54, 1.807) is 30.0 Å². The molecule has 4 nitrogen and oxygen atoms in total. The van der Waals surface area contributed by atoms with Gasteiger partial charge in [-0.3, -0.25) is 9.59 Å². The maximum Gasteiger partial charge on any atom is 0.242 e. The monoisotopic (exact) mass is 452 g/mol. The lowest BCUT2D eigenvalue weighted by Crippen LogP contribution is -2.52. The van der Waals surface area contributed by atoms with Crippen molar-refractivity contribution in [3.8, 4) is 0 Å². The first-order valence-electron chi connectivity index (χ1n) is 9.30. The molecule has 156 valence electrons. The largest absolute Gasteiger partial charge is 0.350 e. The normalized spacial score (nSPS) is 12.3. The average molecular weight is 453 g/mol. The number of thioether (sulfide) groups is 1. The van der Waals surface area contributed by atoms with Crippen molar-refractivity contribution in [2.75, 3.05) is 5.75 Å². The molecule has 0 aliphatic heterocycles. The van der Waals surface area contributed by atoms with Crippen molar-refractivity contribution >= 4 is 46.8 Å². The zero-order valence-electron chi connectivity index (χ0n) is 17.0. The summed E-state index contributed by atoms with van der Waals surface area (Å²) in [5.41, 5.74) is 0.414. The van der Waals surface area contributed by atoms with E-state index in [0.29, 0.717) is 10.0 Å². The molecule has 0 saturated heterocycles. The summed E-state index contributed by atoms with van der Waals surface area (Å²) in [7, 11) is 0. The Labute approximate surface area is 187 Å². The number of nitrogens with zero attached hydrogens (tertiary/aromatic N) is 1. The van der Waals surface area contributed by atoms with Gasteiger partial charge in [-0.05, 0) is 63.6 Å². The second-order valence-corrected chi connectivity index (χ2v) is 9.66. The Hall–Kier alpha value is -1.69. The molecule has 2 amide bonds.